The Balaban J connectivity index is 1.87. The summed E-state index contributed by atoms with van der Waals surface area (Å²) in [5.41, 5.74) is 4.89. The number of nitrogens with one attached hydrogen (secondary N) is 1. The summed E-state index contributed by atoms with van der Waals surface area (Å²) in [7, 11) is 0. The molecule has 5 heteroatoms. The molecule has 2 aliphatic rings. The topological polar surface area (TPSA) is 82.2 Å². The average molecular weight is 278 g/mol. The molecule has 1 aliphatic carbocycles. The molecule has 0 aromatic rings. The van der Waals surface area contributed by atoms with E-state index in [0.717, 1.165) is 39.0 Å². The molecule has 0 aromatic heterocycles. The SMILES string of the molecule is CCNC(C#N)(CN1CCC(CC(N)=O)CC1)C1CC1. The molecule has 1 saturated carbocycles. The van der Waals surface area contributed by atoms with Crippen LogP contribution in [0.15, 0.2) is 0 Å². The first kappa shape index (κ1) is 15.3. The Morgan fingerprint density at radius 2 is 2.05 bits per heavy atom. The highest BCUT2D eigenvalue weighted by molar-refractivity contribution is 5.73. The second-order valence-electron chi connectivity index (χ2n) is 6.28. The summed E-state index contributed by atoms with van der Waals surface area (Å²) in [5.74, 6) is 0.747. The first-order valence-corrected chi connectivity index (χ1v) is 7.76. The smallest absolute Gasteiger partial charge is 0.217 e. The van der Waals surface area contributed by atoms with E-state index in [1.807, 2.05) is 0 Å². The predicted molar refractivity (Wildman–Crippen MR) is 77.7 cm³/mol. The lowest BCUT2D eigenvalue weighted by atomic mass is 9.89. The average Bonchev–Trinajstić information content (AvgIpc) is 3.24. The van der Waals surface area contributed by atoms with E-state index in [1.54, 1.807) is 0 Å². The Morgan fingerprint density at radius 3 is 2.50 bits per heavy atom. The Labute approximate surface area is 121 Å². The largest absolute Gasteiger partial charge is 0.370 e. The second kappa shape index (κ2) is 6.55. The van der Waals surface area contributed by atoms with Gasteiger partial charge in [-0.15, -0.1) is 0 Å². The third kappa shape index (κ3) is 3.71. The van der Waals surface area contributed by atoms with Crippen LogP contribution in [0.25, 0.3) is 0 Å². The minimum atomic E-state index is -0.370. The summed E-state index contributed by atoms with van der Waals surface area (Å²) in [6.45, 7) is 5.65. The number of nitriles is 1. The van der Waals surface area contributed by atoms with Gasteiger partial charge in [-0.2, -0.15) is 5.26 Å². The molecule has 1 atom stereocenters. The maximum atomic E-state index is 11.0. The fourth-order valence-electron chi connectivity index (χ4n) is 3.37. The van der Waals surface area contributed by atoms with E-state index < -0.39 is 0 Å². The Morgan fingerprint density at radius 1 is 1.40 bits per heavy atom. The molecule has 5 nitrogen and oxygen atoms in total. The third-order valence-electron chi connectivity index (χ3n) is 4.64. The minimum absolute atomic E-state index is 0.194. The van der Waals surface area contributed by atoms with E-state index >= 15 is 0 Å². The Bertz CT molecular complexity index is 380. The molecule has 0 radical (unpaired) electrons. The van der Waals surface area contributed by atoms with Crippen LogP contribution in [0.4, 0.5) is 0 Å². The number of primary amides is 1. The van der Waals surface area contributed by atoms with Crippen molar-refractivity contribution in [2.24, 2.45) is 17.6 Å². The van der Waals surface area contributed by atoms with E-state index in [2.05, 4.69) is 23.2 Å². The lowest BCUT2D eigenvalue weighted by Crippen LogP contribution is -2.55. The van der Waals surface area contributed by atoms with Gasteiger partial charge < -0.3 is 10.6 Å². The highest BCUT2D eigenvalue weighted by atomic mass is 16.1. The van der Waals surface area contributed by atoms with Gasteiger partial charge in [-0.3, -0.25) is 10.1 Å². The standard InChI is InChI=1S/C15H26N4O/c1-2-18-15(10-16,13-3-4-13)11-19-7-5-12(6-8-19)9-14(17)20/h12-13,18H,2-9,11H2,1H3,(H2,17,20). The highest BCUT2D eigenvalue weighted by Crippen LogP contribution is 2.40. The molecule has 1 unspecified atom stereocenters. The Hall–Kier alpha value is -1.12. The summed E-state index contributed by atoms with van der Waals surface area (Å²) in [5, 5.41) is 13.0. The van der Waals surface area contributed by atoms with Gasteiger partial charge in [0.1, 0.15) is 5.54 Å². The van der Waals surface area contributed by atoms with Crippen LogP contribution in [-0.2, 0) is 4.79 Å². The molecule has 1 amide bonds. The third-order valence-corrected chi connectivity index (χ3v) is 4.64. The van der Waals surface area contributed by atoms with E-state index in [9.17, 15) is 10.1 Å². The molecular formula is C15H26N4O. The fraction of sp³-hybridized carbons (Fsp3) is 0.867. The van der Waals surface area contributed by atoms with E-state index in [0.29, 0.717) is 18.3 Å². The van der Waals surface area contributed by atoms with Crippen molar-refractivity contribution in [1.82, 2.24) is 10.2 Å². The summed E-state index contributed by atoms with van der Waals surface area (Å²) in [6.07, 6.45) is 4.87. The van der Waals surface area contributed by atoms with Crippen molar-refractivity contribution in [3.63, 3.8) is 0 Å². The zero-order valence-corrected chi connectivity index (χ0v) is 12.4. The lowest BCUT2D eigenvalue weighted by Gasteiger charge is -2.38. The molecule has 1 aliphatic heterocycles. The number of rotatable bonds is 7. The van der Waals surface area contributed by atoms with Gasteiger partial charge in [0.15, 0.2) is 0 Å². The first-order valence-electron chi connectivity index (χ1n) is 7.76. The molecule has 0 aromatic carbocycles. The van der Waals surface area contributed by atoms with Gasteiger partial charge in [-0.1, -0.05) is 6.92 Å². The summed E-state index contributed by atoms with van der Waals surface area (Å²) >= 11 is 0. The van der Waals surface area contributed by atoms with Crippen molar-refractivity contribution in [1.29, 1.82) is 5.26 Å². The maximum absolute atomic E-state index is 11.0. The molecule has 1 saturated heterocycles. The van der Waals surface area contributed by atoms with Gasteiger partial charge in [0.25, 0.3) is 0 Å². The van der Waals surface area contributed by atoms with Gasteiger partial charge in [0, 0.05) is 13.0 Å². The van der Waals surface area contributed by atoms with Gasteiger partial charge >= 0.3 is 0 Å². The molecule has 1 heterocycles. The van der Waals surface area contributed by atoms with E-state index in [-0.39, 0.29) is 11.4 Å². The van der Waals surface area contributed by atoms with Crippen LogP contribution in [0.3, 0.4) is 0 Å². The zero-order valence-electron chi connectivity index (χ0n) is 12.4. The van der Waals surface area contributed by atoms with Gasteiger partial charge in [0.05, 0.1) is 6.07 Å². The molecule has 2 rings (SSSR count). The van der Waals surface area contributed by atoms with E-state index in [4.69, 9.17) is 5.73 Å². The number of carbonyl (C=O) groups excluding carboxylic acids is 1. The number of piperidine rings is 1. The number of hydrogen-bond donors (Lipinski definition) is 2. The number of nitrogens with two attached hydrogens (primary N) is 1. The highest BCUT2D eigenvalue weighted by Gasteiger charge is 2.46. The molecule has 2 fully saturated rings. The number of likely N-dealkylation sites (tertiary alicyclic amines) is 1. The van der Waals surface area contributed by atoms with Crippen LogP contribution in [0.2, 0.25) is 0 Å². The normalized spacial score (nSPS) is 24.0. The zero-order chi connectivity index (χ0) is 14.6. The number of carbonyl (C=O) groups is 1. The number of likely N-dealkylation sites (N-methyl/N-ethyl adjacent to an activating group) is 1. The van der Waals surface area contributed by atoms with Crippen LogP contribution >= 0.6 is 0 Å². The molecule has 0 bridgehead atoms. The molecule has 20 heavy (non-hydrogen) atoms. The van der Waals surface area contributed by atoms with Crippen LogP contribution in [0, 0.1) is 23.2 Å². The van der Waals surface area contributed by atoms with Gasteiger partial charge in [-0.25, -0.2) is 0 Å². The van der Waals surface area contributed by atoms with Crippen molar-refractivity contribution >= 4 is 5.91 Å². The van der Waals surface area contributed by atoms with Crippen molar-refractivity contribution in [2.45, 2.75) is 44.6 Å². The van der Waals surface area contributed by atoms with Crippen LogP contribution in [0.5, 0.6) is 0 Å². The fourth-order valence-corrected chi connectivity index (χ4v) is 3.37. The van der Waals surface area contributed by atoms with Gasteiger partial charge in [0.2, 0.25) is 5.91 Å². The number of amides is 1. The lowest BCUT2D eigenvalue weighted by molar-refractivity contribution is -0.119. The predicted octanol–water partition coefficient (Wildman–Crippen LogP) is 0.856. The van der Waals surface area contributed by atoms with Crippen molar-refractivity contribution in [2.75, 3.05) is 26.2 Å². The molecule has 3 N–H and O–H groups in total. The van der Waals surface area contributed by atoms with Crippen LogP contribution < -0.4 is 11.1 Å². The first-order chi connectivity index (χ1) is 9.59. The number of nitrogens with zero attached hydrogens (tertiary/aromatic N) is 2. The van der Waals surface area contributed by atoms with Crippen LogP contribution in [0.1, 0.15) is 39.0 Å². The number of hydrogen-bond acceptors (Lipinski definition) is 4. The monoisotopic (exact) mass is 278 g/mol. The molecule has 0 spiro atoms. The summed E-state index contributed by atoms with van der Waals surface area (Å²) in [6, 6.07) is 2.54. The van der Waals surface area contributed by atoms with Crippen LogP contribution in [-0.4, -0.2) is 42.5 Å². The minimum Gasteiger partial charge on any atom is -0.370 e. The maximum Gasteiger partial charge on any atom is 0.217 e. The second-order valence-corrected chi connectivity index (χ2v) is 6.28. The van der Waals surface area contributed by atoms with E-state index in [1.165, 1.54) is 12.8 Å². The van der Waals surface area contributed by atoms with Crippen molar-refractivity contribution in [3.8, 4) is 6.07 Å². The van der Waals surface area contributed by atoms with Crippen molar-refractivity contribution in [3.05, 3.63) is 0 Å². The Kier molecular flexibility index (Phi) is 5.00. The molecular weight excluding hydrogens is 252 g/mol. The quantitative estimate of drug-likeness (QED) is 0.723. The summed E-state index contributed by atoms with van der Waals surface area (Å²) in [4.78, 5) is 13.3. The molecule has 112 valence electrons. The van der Waals surface area contributed by atoms with Gasteiger partial charge in [-0.05, 0) is 57.2 Å². The van der Waals surface area contributed by atoms with Crippen molar-refractivity contribution < 1.29 is 4.79 Å². The summed E-state index contributed by atoms with van der Waals surface area (Å²) < 4.78 is 0.